The van der Waals surface area contributed by atoms with Gasteiger partial charge in [-0.25, -0.2) is 0 Å². The second-order valence-electron chi connectivity index (χ2n) is 6.59. The average molecular weight is 493 g/mol. The second kappa shape index (κ2) is 11.2. The lowest BCUT2D eigenvalue weighted by molar-refractivity contribution is -0.115. The van der Waals surface area contributed by atoms with Crippen molar-refractivity contribution in [2.75, 3.05) is 30.6 Å². The van der Waals surface area contributed by atoms with Gasteiger partial charge < -0.3 is 20.1 Å². The van der Waals surface area contributed by atoms with E-state index in [1.807, 2.05) is 13.0 Å². The number of rotatable bonds is 9. The van der Waals surface area contributed by atoms with Gasteiger partial charge in [0.05, 0.1) is 26.4 Å². The lowest BCUT2D eigenvalue weighted by Gasteiger charge is -2.09. The molecule has 3 aromatic rings. The van der Waals surface area contributed by atoms with Crippen molar-refractivity contribution < 1.29 is 19.1 Å². The molecule has 8 nitrogen and oxygen atoms in total. The fraction of sp³-hybridized carbons (Fsp3) is 0.238. The summed E-state index contributed by atoms with van der Waals surface area (Å²) < 4.78 is 11.0. The number of carbonyl (C=O) groups excluding carboxylic acids is 2. The van der Waals surface area contributed by atoms with Gasteiger partial charge in [-0.05, 0) is 42.3 Å². The molecule has 1 heterocycles. The van der Waals surface area contributed by atoms with Gasteiger partial charge in [0.25, 0.3) is 0 Å². The number of nitrogens with zero attached hydrogens (tertiary/aromatic N) is 2. The summed E-state index contributed by atoms with van der Waals surface area (Å²) in [6, 6.07) is 10.6. The van der Waals surface area contributed by atoms with Crippen LogP contribution in [0.3, 0.4) is 0 Å². The Morgan fingerprint density at radius 3 is 2.53 bits per heavy atom. The molecule has 0 saturated heterocycles. The molecule has 168 valence electrons. The second-order valence-corrected chi connectivity index (χ2v) is 9.20. The number of ether oxygens (including phenoxy) is 2. The Bertz CT molecular complexity index is 1120. The molecule has 0 atom stereocenters. The number of carbonyl (C=O) groups is 2. The average Bonchev–Trinajstić information content (AvgIpc) is 3.21. The van der Waals surface area contributed by atoms with E-state index >= 15 is 0 Å². The van der Waals surface area contributed by atoms with Crippen LogP contribution in [0.15, 0.2) is 40.7 Å². The predicted molar refractivity (Wildman–Crippen MR) is 127 cm³/mol. The first-order valence-electron chi connectivity index (χ1n) is 9.41. The van der Waals surface area contributed by atoms with Crippen molar-refractivity contribution >= 4 is 57.3 Å². The van der Waals surface area contributed by atoms with E-state index in [1.54, 1.807) is 44.6 Å². The third kappa shape index (κ3) is 6.59. The van der Waals surface area contributed by atoms with Crippen molar-refractivity contribution in [2.45, 2.75) is 17.7 Å². The number of nitrogens with one attached hydrogen (secondary N) is 2. The van der Waals surface area contributed by atoms with E-state index in [1.165, 1.54) is 23.1 Å². The topological polar surface area (TPSA) is 102 Å². The van der Waals surface area contributed by atoms with Crippen LogP contribution in [0, 0.1) is 6.92 Å². The molecule has 1 aromatic heterocycles. The zero-order chi connectivity index (χ0) is 23.1. The van der Waals surface area contributed by atoms with Crippen LogP contribution in [0.4, 0.5) is 10.8 Å². The van der Waals surface area contributed by atoms with Crippen LogP contribution in [0.25, 0.3) is 0 Å². The molecular formula is C21H21ClN4O4S2. The molecule has 0 aliphatic rings. The number of anilines is 2. The molecule has 2 N–H and O–H groups in total. The fourth-order valence-electron chi connectivity index (χ4n) is 2.65. The van der Waals surface area contributed by atoms with Gasteiger partial charge in [-0.1, -0.05) is 46.8 Å². The number of aromatic nitrogens is 2. The summed E-state index contributed by atoms with van der Waals surface area (Å²) in [5.74, 6) is 0.873. The summed E-state index contributed by atoms with van der Waals surface area (Å²) in [6.45, 7) is 1.89. The number of aryl methyl sites for hydroxylation is 1. The molecule has 0 saturated carbocycles. The van der Waals surface area contributed by atoms with Crippen molar-refractivity contribution in [3.8, 4) is 11.5 Å². The Kier molecular flexibility index (Phi) is 8.32. The van der Waals surface area contributed by atoms with Crippen molar-refractivity contribution in [3.63, 3.8) is 0 Å². The van der Waals surface area contributed by atoms with Gasteiger partial charge in [0.15, 0.2) is 15.8 Å². The van der Waals surface area contributed by atoms with E-state index < -0.39 is 0 Å². The van der Waals surface area contributed by atoms with Gasteiger partial charge in [-0.2, -0.15) is 0 Å². The summed E-state index contributed by atoms with van der Waals surface area (Å²) in [4.78, 5) is 24.5. The smallest absolute Gasteiger partial charge is 0.234 e. The summed E-state index contributed by atoms with van der Waals surface area (Å²) >= 11 is 8.51. The van der Waals surface area contributed by atoms with E-state index in [-0.39, 0.29) is 24.0 Å². The molecule has 0 spiro atoms. The number of halogens is 1. The summed E-state index contributed by atoms with van der Waals surface area (Å²) in [5, 5.41) is 14.4. The Morgan fingerprint density at radius 1 is 1.03 bits per heavy atom. The van der Waals surface area contributed by atoms with E-state index in [0.29, 0.717) is 31.7 Å². The highest BCUT2D eigenvalue weighted by Crippen LogP contribution is 2.29. The van der Waals surface area contributed by atoms with Gasteiger partial charge >= 0.3 is 0 Å². The maximum atomic E-state index is 12.3. The van der Waals surface area contributed by atoms with Gasteiger partial charge in [-0.3, -0.25) is 9.59 Å². The van der Waals surface area contributed by atoms with Crippen LogP contribution in [0.1, 0.15) is 11.1 Å². The molecule has 2 aromatic carbocycles. The van der Waals surface area contributed by atoms with Crippen LogP contribution >= 0.6 is 34.7 Å². The number of thioether (sulfide) groups is 1. The quantitative estimate of drug-likeness (QED) is 0.336. The van der Waals surface area contributed by atoms with Gasteiger partial charge in [0, 0.05) is 10.7 Å². The van der Waals surface area contributed by atoms with Gasteiger partial charge in [-0.15, -0.1) is 10.2 Å². The van der Waals surface area contributed by atoms with Crippen LogP contribution in [-0.4, -0.2) is 42.0 Å². The molecule has 32 heavy (non-hydrogen) atoms. The summed E-state index contributed by atoms with van der Waals surface area (Å²) in [6.07, 6.45) is 0.143. The van der Waals surface area contributed by atoms with Crippen LogP contribution in [0.5, 0.6) is 11.5 Å². The Balaban J connectivity index is 1.49. The number of hydrogen-bond donors (Lipinski definition) is 2. The zero-order valence-electron chi connectivity index (χ0n) is 17.6. The molecule has 2 amide bonds. The number of methoxy groups -OCH3 is 2. The third-order valence-electron chi connectivity index (χ3n) is 4.25. The molecule has 11 heteroatoms. The minimum atomic E-state index is -0.237. The highest BCUT2D eigenvalue weighted by molar-refractivity contribution is 8.01. The monoisotopic (exact) mass is 492 g/mol. The third-order valence-corrected chi connectivity index (χ3v) is 6.63. The number of benzene rings is 2. The molecule has 0 bridgehead atoms. The van der Waals surface area contributed by atoms with Crippen LogP contribution in [-0.2, 0) is 16.0 Å². The fourth-order valence-corrected chi connectivity index (χ4v) is 4.40. The van der Waals surface area contributed by atoms with E-state index in [0.717, 1.165) is 11.1 Å². The largest absolute Gasteiger partial charge is 0.493 e. The Hall–Kier alpha value is -2.82. The molecule has 0 unspecified atom stereocenters. The SMILES string of the molecule is COc1ccc(CC(=O)Nc2nnc(SCC(=O)Nc3ccc(C)c(Cl)c3)s2)cc1OC. The van der Waals surface area contributed by atoms with Crippen molar-refractivity contribution in [3.05, 3.63) is 52.5 Å². The zero-order valence-corrected chi connectivity index (χ0v) is 20.0. The molecule has 0 fully saturated rings. The Morgan fingerprint density at radius 2 is 1.81 bits per heavy atom. The lowest BCUT2D eigenvalue weighted by atomic mass is 10.1. The lowest BCUT2D eigenvalue weighted by Crippen LogP contribution is -2.14. The Labute approximate surface area is 198 Å². The van der Waals surface area contributed by atoms with Gasteiger partial charge in [0.1, 0.15) is 0 Å². The van der Waals surface area contributed by atoms with E-state index in [9.17, 15) is 9.59 Å². The first kappa shape index (κ1) is 23.8. The highest BCUT2D eigenvalue weighted by atomic mass is 35.5. The van der Waals surface area contributed by atoms with E-state index in [4.69, 9.17) is 21.1 Å². The maximum Gasteiger partial charge on any atom is 0.234 e. The van der Waals surface area contributed by atoms with Crippen molar-refractivity contribution in [2.24, 2.45) is 0 Å². The number of hydrogen-bond acceptors (Lipinski definition) is 8. The maximum absolute atomic E-state index is 12.3. The first-order valence-corrected chi connectivity index (χ1v) is 11.6. The summed E-state index contributed by atoms with van der Waals surface area (Å²) in [7, 11) is 3.09. The van der Waals surface area contributed by atoms with Crippen LogP contribution in [0.2, 0.25) is 5.02 Å². The van der Waals surface area contributed by atoms with Crippen molar-refractivity contribution in [1.82, 2.24) is 10.2 Å². The standard InChI is InChI=1S/C21H21ClN4O4S2/c1-12-4-6-14(10-15(12)22)23-19(28)11-31-21-26-25-20(32-21)24-18(27)9-13-5-7-16(29-2)17(8-13)30-3/h4-8,10H,9,11H2,1-3H3,(H,23,28)(H,24,25,27). The minimum absolute atomic E-state index is 0.143. The molecule has 3 rings (SSSR count). The minimum Gasteiger partial charge on any atom is -0.493 e. The van der Waals surface area contributed by atoms with Crippen LogP contribution < -0.4 is 20.1 Å². The summed E-state index contributed by atoms with van der Waals surface area (Å²) in [5.41, 5.74) is 2.34. The van der Waals surface area contributed by atoms with Crippen molar-refractivity contribution in [1.29, 1.82) is 0 Å². The highest BCUT2D eigenvalue weighted by Gasteiger charge is 2.13. The first-order chi connectivity index (χ1) is 15.4. The molecule has 0 aliphatic carbocycles. The number of amides is 2. The molecular weight excluding hydrogens is 472 g/mol. The van der Waals surface area contributed by atoms with E-state index in [2.05, 4.69) is 20.8 Å². The normalized spacial score (nSPS) is 10.5. The molecule has 0 radical (unpaired) electrons. The molecule has 0 aliphatic heterocycles. The van der Waals surface area contributed by atoms with Gasteiger partial charge in [0.2, 0.25) is 16.9 Å². The predicted octanol–water partition coefficient (Wildman–Crippen LogP) is 4.43.